The third kappa shape index (κ3) is 4.74. The van der Waals surface area contributed by atoms with E-state index in [-0.39, 0.29) is 16.2 Å². The van der Waals surface area contributed by atoms with Crippen molar-refractivity contribution in [3.8, 4) is 28.3 Å². The van der Waals surface area contributed by atoms with Crippen molar-refractivity contribution in [2.75, 3.05) is 18.9 Å². The Morgan fingerprint density at radius 3 is 2.54 bits per heavy atom. The zero-order chi connectivity index (χ0) is 26.2. The molecule has 0 unspecified atom stereocenters. The summed E-state index contributed by atoms with van der Waals surface area (Å²) in [6, 6.07) is 16.3. The number of ether oxygens (including phenoxy) is 2. The number of aromatic nitrogens is 3. The molecule has 0 aliphatic rings. The summed E-state index contributed by atoms with van der Waals surface area (Å²) in [4.78, 5) is 17.0. The smallest absolute Gasteiger partial charge is 0.274 e. The highest BCUT2D eigenvalue weighted by Gasteiger charge is 2.19. The van der Waals surface area contributed by atoms with Crippen molar-refractivity contribution < 1.29 is 22.4 Å². The second kappa shape index (κ2) is 9.60. The van der Waals surface area contributed by atoms with Crippen LogP contribution in [0.15, 0.2) is 87.3 Å². The van der Waals surface area contributed by atoms with Gasteiger partial charge in [0, 0.05) is 11.1 Å². The summed E-state index contributed by atoms with van der Waals surface area (Å²) in [5, 5.41) is 4.07. The Morgan fingerprint density at radius 2 is 1.81 bits per heavy atom. The molecule has 2 heterocycles. The molecule has 188 valence electrons. The Balaban J connectivity index is 1.60. The summed E-state index contributed by atoms with van der Waals surface area (Å²) < 4.78 is 44.9. The maximum atomic E-state index is 12.9. The molecule has 3 aromatic carbocycles. The molecular weight excluding hydrogens is 520 g/mol. The van der Waals surface area contributed by atoms with Crippen LogP contribution >= 0.6 is 11.6 Å². The first-order valence-electron chi connectivity index (χ1n) is 10.8. The van der Waals surface area contributed by atoms with Crippen LogP contribution in [-0.4, -0.2) is 37.3 Å². The molecule has 0 amide bonds. The van der Waals surface area contributed by atoms with E-state index in [0.717, 1.165) is 17.3 Å². The van der Waals surface area contributed by atoms with Crippen LogP contribution in [0, 0.1) is 0 Å². The number of sulfonamides is 1. The fourth-order valence-electron chi connectivity index (χ4n) is 3.86. The van der Waals surface area contributed by atoms with E-state index in [1.807, 2.05) is 12.1 Å². The first kappa shape index (κ1) is 24.3. The average molecular weight is 539 g/mol. The average Bonchev–Trinajstić information content (AvgIpc) is 3.40. The van der Waals surface area contributed by atoms with Gasteiger partial charge in [0.1, 0.15) is 17.8 Å². The van der Waals surface area contributed by atoms with E-state index in [2.05, 4.69) is 19.4 Å². The van der Waals surface area contributed by atoms with Gasteiger partial charge in [-0.1, -0.05) is 22.8 Å². The molecule has 0 bridgehead atoms. The standard InChI is InChI=1S/C25H19ClN4O6S/c1-34-18-10-16(9-17(26)12-18)15-3-5-22(23(11-15)35-2)30-21-6-4-19(13-20(21)27-14-25(30)31)37(32,33)29-24-7-8-36-28-24/h3-14H,1-2H3,(H,28,29). The van der Waals surface area contributed by atoms with Gasteiger partial charge < -0.3 is 14.0 Å². The van der Waals surface area contributed by atoms with E-state index in [1.165, 1.54) is 42.2 Å². The fraction of sp³-hybridized carbons (Fsp3) is 0.0800. The van der Waals surface area contributed by atoms with Gasteiger partial charge in [0.05, 0.1) is 42.0 Å². The van der Waals surface area contributed by atoms with Gasteiger partial charge >= 0.3 is 0 Å². The topological polar surface area (TPSA) is 126 Å². The highest BCUT2D eigenvalue weighted by molar-refractivity contribution is 7.92. The zero-order valence-electron chi connectivity index (χ0n) is 19.5. The van der Waals surface area contributed by atoms with Gasteiger partial charge in [-0.05, 0) is 59.7 Å². The minimum absolute atomic E-state index is 0.0418. The van der Waals surface area contributed by atoms with Crippen LogP contribution in [0.25, 0.3) is 27.8 Å². The lowest BCUT2D eigenvalue weighted by molar-refractivity contribution is 0.413. The zero-order valence-corrected chi connectivity index (χ0v) is 21.1. The van der Waals surface area contributed by atoms with Crippen LogP contribution in [0.3, 0.4) is 0 Å². The molecule has 0 radical (unpaired) electrons. The number of benzene rings is 3. The Morgan fingerprint density at radius 1 is 0.973 bits per heavy atom. The van der Waals surface area contributed by atoms with Crippen molar-refractivity contribution in [1.29, 1.82) is 0 Å². The molecule has 5 aromatic rings. The molecule has 1 N–H and O–H groups in total. The van der Waals surface area contributed by atoms with Crippen molar-refractivity contribution >= 4 is 38.5 Å². The Hall–Kier alpha value is -4.35. The molecule has 2 aromatic heterocycles. The summed E-state index contributed by atoms with van der Waals surface area (Å²) in [5.41, 5.74) is 2.31. The number of halogens is 1. The lowest BCUT2D eigenvalue weighted by Crippen LogP contribution is -2.20. The lowest BCUT2D eigenvalue weighted by Gasteiger charge is -2.16. The summed E-state index contributed by atoms with van der Waals surface area (Å²) >= 11 is 6.23. The number of hydrogen-bond acceptors (Lipinski definition) is 8. The fourth-order valence-corrected chi connectivity index (χ4v) is 5.10. The molecule has 0 aliphatic carbocycles. The number of anilines is 1. The summed E-state index contributed by atoms with van der Waals surface area (Å²) in [6.45, 7) is 0. The molecule has 0 spiro atoms. The maximum Gasteiger partial charge on any atom is 0.274 e. The number of rotatable bonds is 7. The first-order chi connectivity index (χ1) is 17.8. The predicted octanol–water partition coefficient (Wildman–Crippen LogP) is 4.51. The van der Waals surface area contributed by atoms with E-state index in [0.29, 0.717) is 27.7 Å². The van der Waals surface area contributed by atoms with Gasteiger partial charge in [0.15, 0.2) is 5.82 Å². The van der Waals surface area contributed by atoms with E-state index in [9.17, 15) is 13.2 Å². The quantitative estimate of drug-likeness (QED) is 0.321. The highest BCUT2D eigenvalue weighted by atomic mass is 35.5. The Labute approximate surface area is 216 Å². The van der Waals surface area contributed by atoms with E-state index in [4.69, 9.17) is 21.1 Å². The molecular formula is C25H19ClN4O6S. The van der Waals surface area contributed by atoms with Gasteiger partial charge in [0.25, 0.3) is 15.6 Å². The largest absolute Gasteiger partial charge is 0.497 e. The van der Waals surface area contributed by atoms with Crippen molar-refractivity contribution in [3.05, 3.63) is 88.5 Å². The van der Waals surface area contributed by atoms with Crippen molar-refractivity contribution in [2.45, 2.75) is 4.90 Å². The molecule has 12 heteroatoms. The van der Waals surface area contributed by atoms with Gasteiger partial charge in [-0.3, -0.25) is 14.1 Å². The first-order valence-corrected chi connectivity index (χ1v) is 12.6. The van der Waals surface area contributed by atoms with Crippen molar-refractivity contribution in [1.82, 2.24) is 14.7 Å². The van der Waals surface area contributed by atoms with Gasteiger partial charge in [-0.15, -0.1) is 0 Å². The van der Waals surface area contributed by atoms with E-state index < -0.39 is 15.6 Å². The minimum Gasteiger partial charge on any atom is -0.497 e. The molecule has 0 fully saturated rings. The number of nitrogens with one attached hydrogen (secondary N) is 1. The third-order valence-electron chi connectivity index (χ3n) is 5.57. The van der Waals surface area contributed by atoms with Crippen LogP contribution < -0.4 is 19.8 Å². The number of nitrogens with zero attached hydrogens (tertiary/aromatic N) is 3. The summed E-state index contributed by atoms with van der Waals surface area (Å²) in [5.74, 6) is 1.06. The molecule has 0 atom stereocenters. The molecule has 5 rings (SSSR count). The SMILES string of the molecule is COc1cc(Cl)cc(-c2ccc(-n3c(=O)cnc4cc(S(=O)(=O)Nc5ccon5)ccc43)c(OC)c2)c1. The third-order valence-corrected chi connectivity index (χ3v) is 7.14. The molecule has 37 heavy (non-hydrogen) atoms. The Kier molecular flexibility index (Phi) is 6.32. The van der Waals surface area contributed by atoms with Crippen LogP contribution in [-0.2, 0) is 10.0 Å². The molecule has 0 saturated carbocycles. The van der Waals surface area contributed by atoms with Crippen molar-refractivity contribution in [3.63, 3.8) is 0 Å². The monoisotopic (exact) mass is 538 g/mol. The molecule has 0 saturated heterocycles. The van der Waals surface area contributed by atoms with Crippen LogP contribution in [0.5, 0.6) is 11.5 Å². The maximum absolute atomic E-state index is 12.9. The molecule has 10 nitrogen and oxygen atoms in total. The predicted molar refractivity (Wildman–Crippen MR) is 138 cm³/mol. The minimum atomic E-state index is -3.97. The van der Waals surface area contributed by atoms with Gasteiger partial charge in [-0.2, -0.15) is 0 Å². The second-order valence-electron chi connectivity index (χ2n) is 7.84. The Bertz CT molecular complexity index is 1790. The summed E-state index contributed by atoms with van der Waals surface area (Å²) in [7, 11) is -0.914. The lowest BCUT2D eigenvalue weighted by atomic mass is 10.0. The summed E-state index contributed by atoms with van der Waals surface area (Å²) in [6.07, 6.45) is 2.37. The normalized spacial score (nSPS) is 11.4. The highest BCUT2D eigenvalue weighted by Crippen LogP contribution is 2.34. The van der Waals surface area contributed by atoms with Crippen LogP contribution in [0.2, 0.25) is 5.02 Å². The second-order valence-corrected chi connectivity index (χ2v) is 9.96. The van der Waals surface area contributed by atoms with E-state index in [1.54, 1.807) is 31.4 Å². The van der Waals surface area contributed by atoms with Gasteiger partial charge in [0.2, 0.25) is 0 Å². The van der Waals surface area contributed by atoms with Crippen LogP contribution in [0.4, 0.5) is 5.82 Å². The number of hydrogen-bond donors (Lipinski definition) is 1. The van der Waals surface area contributed by atoms with Gasteiger partial charge in [-0.25, -0.2) is 13.4 Å². The molecule has 0 aliphatic heterocycles. The number of methoxy groups -OCH3 is 2. The van der Waals surface area contributed by atoms with E-state index >= 15 is 0 Å². The van der Waals surface area contributed by atoms with Crippen LogP contribution in [0.1, 0.15) is 0 Å². The number of fused-ring (bicyclic) bond motifs is 1. The van der Waals surface area contributed by atoms with Crippen molar-refractivity contribution in [2.24, 2.45) is 0 Å².